The van der Waals surface area contributed by atoms with E-state index in [1.165, 1.54) is 0 Å². The Balaban J connectivity index is 2.40. The molecule has 0 saturated heterocycles. The van der Waals surface area contributed by atoms with Gasteiger partial charge in [-0.1, -0.05) is 25.4 Å². The van der Waals surface area contributed by atoms with Gasteiger partial charge in [-0.25, -0.2) is 0 Å². The van der Waals surface area contributed by atoms with Crippen LogP contribution in [0.15, 0.2) is 24.3 Å². The lowest BCUT2D eigenvalue weighted by Crippen LogP contribution is -2.41. The minimum Gasteiger partial charge on any atom is -0.481 e. The molecule has 20 heavy (non-hydrogen) atoms. The Morgan fingerprint density at radius 1 is 1.15 bits per heavy atom. The van der Waals surface area contributed by atoms with E-state index < -0.39 is 6.10 Å². The molecule has 0 aromatic heterocycles. The molecule has 0 heterocycles. The molecule has 1 N–H and O–H groups in total. The van der Waals surface area contributed by atoms with Crippen LogP contribution in [0.5, 0.6) is 5.75 Å². The molecule has 0 aliphatic heterocycles. The largest absolute Gasteiger partial charge is 0.481 e. The fourth-order valence-corrected chi connectivity index (χ4v) is 1.91. The van der Waals surface area contributed by atoms with Crippen LogP contribution >= 0.6 is 11.6 Å². The summed E-state index contributed by atoms with van der Waals surface area (Å²) in [6.45, 7) is 8.13. The van der Waals surface area contributed by atoms with Gasteiger partial charge in [-0.05, 0) is 56.9 Å². The second kappa shape index (κ2) is 8.15. The molecule has 1 aromatic carbocycles. The molecule has 2 unspecified atom stereocenters. The summed E-state index contributed by atoms with van der Waals surface area (Å²) in [5.74, 6) is 1.21. The lowest BCUT2D eigenvalue weighted by atomic mass is 10.0. The van der Waals surface area contributed by atoms with Gasteiger partial charge in [0.1, 0.15) is 5.75 Å². The summed E-state index contributed by atoms with van der Waals surface area (Å²) in [4.78, 5) is 12.0. The van der Waals surface area contributed by atoms with Gasteiger partial charge in [-0.2, -0.15) is 0 Å². The molecule has 4 heteroatoms. The number of halogens is 1. The number of hydrogen-bond donors (Lipinski definition) is 1. The maximum Gasteiger partial charge on any atom is 0.260 e. The van der Waals surface area contributed by atoms with E-state index in [4.69, 9.17) is 16.3 Å². The highest BCUT2D eigenvalue weighted by atomic mass is 35.5. The average Bonchev–Trinajstić information content (AvgIpc) is 2.39. The molecule has 3 nitrogen and oxygen atoms in total. The first kappa shape index (κ1) is 16.8. The standard InChI is InChI=1S/C16H24ClNO2/c1-11(2)5-6-12(3)18-16(19)13(4)20-15-9-7-14(17)8-10-15/h7-13H,5-6H2,1-4H3,(H,18,19). The first-order chi connectivity index (χ1) is 9.38. The van der Waals surface area contributed by atoms with Crippen LogP contribution in [0.4, 0.5) is 0 Å². The van der Waals surface area contributed by atoms with Crippen LogP contribution in [0.25, 0.3) is 0 Å². The molecule has 0 bridgehead atoms. The summed E-state index contributed by atoms with van der Waals surface area (Å²) in [7, 11) is 0. The Kier molecular flexibility index (Phi) is 6.86. The maximum absolute atomic E-state index is 12.0. The molecule has 112 valence electrons. The maximum atomic E-state index is 12.0. The van der Waals surface area contributed by atoms with Crippen molar-refractivity contribution in [2.45, 2.75) is 52.7 Å². The first-order valence-corrected chi connectivity index (χ1v) is 7.49. The van der Waals surface area contributed by atoms with E-state index in [9.17, 15) is 4.79 Å². The summed E-state index contributed by atoms with van der Waals surface area (Å²) < 4.78 is 5.59. The molecule has 0 spiro atoms. The third-order valence-corrected chi connectivity index (χ3v) is 3.31. The molecule has 1 amide bonds. The number of carbonyl (C=O) groups excluding carboxylic acids is 1. The number of nitrogens with one attached hydrogen (secondary N) is 1. The highest BCUT2D eigenvalue weighted by molar-refractivity contribution is 6.30. The predicted molar refractivity (Wildman–Crippen MR) is 83.2 cm³/mol. The zero-order valence-electron chi connectivity index (χ0n) is 12.7. The third-order valence-electron chi connectivity index (χ3n) is 3.06. The molecular weight excluding hydrogens is 274 g/mol. The van der Waals surface area contributed by atoms with Crippen molar-refractivity contribution in [3.63, 3.8) is 0 Å². The molecule has 0 saturated carbocycles. The first-order valence-electron chi connectivity index (χ1n) is 7.11. The minimum atomic E-state index is -0.516. The predicted octanol–water partition coefficient (Wildman–Crippen LogP) is 4.05. The van der Waals surface area contributed by atoms with E-state index in [-0.39, 0.29) is 11.9 Å². The van der Waals surface area contributed by atoms with Crippen LogP contribution in [0.2, 0.25) is 5.02 Å². The molecule has 1 rings (SSSR count). The van der Waals surface area contributed by atoms with Crippen LogP contribution < -0.4 is 10.1 Å². The van der Waals surface area contributed by atoms with E-state index in [0.717, 1.165) is 12.8 Å². The monoisotopic (exact) mass is 297 g/mol. The smallest absolute Gasteiger partial charge is 0.260 e. The molecule has 0 radical (unpaired) electrons. The molecular formula is C16H24ClNO2. The minimum absolute atomic E-state index is 0.0868. The number of carbonyl (C=O) groups is 1. The summed E-state index contributed by atoms with van der Waals surface area (Å²) in [6.07, 6.45) is 1.57. The van der Waals surface area contributed by atoms with Gasteiger partial charge in [-0.15, -0.1) is 0 Å². The number of amides is 1. The number of rotatable bonds is 7. The topological polar surface area (TPSA) is 38.3 Å². The highest BCUT2D eigenvalue weighted by Crippen LogP contribution is 2.17. The summed E-state index contributed by atoms with van der Waals surface area (Å²) >= 11 is 5.81. The number of benzene rings is 1. The van der Waals surface area contributed by atoms with Crippen LogP contribution in [0.3, 0.4) is 0 Å². The van der Waals surface area contributed by atoms with E-state index in [0.29, 0.717) is 16.7 Å². The Morgan fingerprint density at radius 3 is 2.30 bits per heavy atom. The van der Waals surface area contributed by atoms with Gasteiger partial charge >= 0.3 is 0 Å². The SMILES string of the molecule is CC(C)CCC(C)NC(=O)C(C)Oc1ccc(Cl)cc1. The highest BCUT2D eigenvalue weighted by Gasteiger charge is 2.16. The van der Waals surface area contributed by atoms with Crippen molar-refractivity contribution in [2.75, 3.05) is 0 Å². The summed E-state index contributed by atoms with van der Waals surface area (Å²) in [6, 6.07) is 7.17. The van der Waals surface area contributed by atoms with E-state index >= 15 is 0 Å². The Hall–Kier alpha value is -1.22. The quantitative estimate of drug-likeness (QED) is 0.824. The normalized spacial score (nSPS) is 13.9. The van der Waals surface area contributed by atoms with Crippen molar-refractivity contribution in [2.24, 2.45) is 5.92 Å². The van der Waals surface area contributed by atoms with Crippen LogP contribution in [-0.2, 0) is 4.79 Å². The number of hydrogen-bond acceptors (Lipinski definition) is 2. The summed E-state index contributed by atoms with van der Waals surface area (Å²) in [5.41, 5.74) is 0. The second-order valence-corrected chi connectivity index (χ2v) is 6.03. The third kappa shape index (κ3) is 6.29. The average molecular weight is 298 g/mol. The van der Waals surface area contributed by atoms with Crippen LogP contribution in [0.1, 0.15) is 40.5 Å². The molecule has 1 aromatic rings. The van der Waals surface area contributed by atoms with Crippen molar-refractivity contribution < 1.29 is 9.53 Å². The van der Waals surface area contributed by atoms with Gasteiger partial charge < -0.3 is 10.1 Å². The molecule has 2 atom stereocenters. The van der Waals surface area contributed by atoms with Crippen molar-refractivity contribution in [3.05, 3.63) is 29.3 Å². The zero-order chi connectivity index (χ0) is 15.1. The Labute approximate surface area is 126 Å². The fourth-order valence-electron chi connectivity index (χ4n) is 1.79. The molecule has 0 fully saturated rings. The number of ether oxygens (including phenoxy) is 1. The Bertz CT molecular complexity index is 417. The van der Waals surface area contributed by atoms with Crippen molar-refractivity contribution in [1.29, 1.82) is 0 Å². The van der Waals surface area contributed by atoms with Crippen molar-refractivity contribution >= 4 is 17.5 Å². The van der Waals surface area contributed by atoms with Gasteiger partial charge in [-0.3, -0.25) is 4.79 Å². The lowest BCUT2D eigenvalue weighted by molar-refractivity contribution is -0.127. The lowest BCUT2D eigenvalue weighted by Gasteiger charge is -2.19. The van der Waals surface area contributed by atoms with Crippen LogP contribution in [0, 0.1) is 5.92 Å². The van der Waals surface area contributed by atoms with E-state index in [2.05, 4.69) is 19.2 Å². The van der Waals surface area contributed by atoms with E-state index in [1.807, 2.05) is 6.92 Å². The van der Waals surface area contributed by atoms with Crippen LogP contribution in [-0.4, -0.2) is 18.1 Å². The Morgan fingerprint density at radius 2 is 1.75 bits per heavy atom. The van der Waals surface area contributed by atoms with Gasteiger partial charge in [0.2, 0.25) is 0 Å². The molecule has 0 aliphatic carbocycles. The molecule has 0 aliphatic rings. The van der Waals surface area contributed by atoms with Gasteiger partial charge in [0.25, 0.3) is 5.91 Å². The van der Waals surface area contributed by atoms with Gasteiger partial charge in [0.05, 0.1) is 0 Å². The van der Waals surface area contributed by atoms with Gasteiger partial charge in [0.15, 0.2) is 6.10 Å². The van der Waals surface area contributed by atoms with E-state index in [1.54, 1.807) is 31.2 Å². The van der Waals surface area contributed by atoms with Crippen molar-refractivity contribution in [3.8, 4) is 5.75 Å². The fraction of sp³-hybridized carbons (Fsp3) is 0.562. The zero-order valence-corrected chi connectivity index (χ0v) is 13.4. The van der Waals surface area contributed by atoms with Gasteiger partial charge in [0, 0.05) is 11.1 Å². The second-order valence-electron chi connectivity index (χ2n) is 5.59. The van der Waals surface area contributed by atoms with Crippen molar-refractivity contribution in [1.82, 2.24) is 5.32 Å². The summed E-state index contributed by atoms with van der Waals surface area (Å²) in [5, 5.41) is 3.63.